The predicted octanol–water partition coefficient (Wildman–Crippen LogP) is 3.65. The van der Waals surface area contributed by atoms with Crippen LogP contribution in [-0.4, -0.2) is 10.8 Å². The largest absolute Gasteiger partial charge is 0.322 e. The van der Waals surface area contributed by atoms with Crippen LogP contribution in [0.2, 0.25) is 0 Å². The molecule has 2 aromatic rings. The summed E-state index contributed by atoms with van der Waals surface area (Å²) in [4.78, 5) is 22.5. The van der Waals surface area contributed by atoms with Crippen molar-refractivity contribution in [1.29, 1.82) is 5.26 Å². The fourth-order valence-electron chi connectivity index (χ4n) is 2.01. The number of nitro benzene ring substituents is 1. The van der Waals surface area contributed by atoms with Crippen LogP contribution in [-0.2, 0) is 5.41 Å². The number of nitrogens with one attached hydrogen (secondary N) is 1. The van der Waals surface area contributed by atoms with E-state index in [1.165, 1.54) is 18.2 Å². The Morgan fingerprint density at radius 2 is 1.91 bits per heavy atom. The highest BCUT2D eigenvalue weighted by Crippen LogP contribution is 2.23. The van der Waals surface area contributed by atoms with E-state index in [9.17, 15) is 20.2 Å². The third kappa shape index (κ3) is 3.71. The van der Waals surface area contributed by atoms with E-state index >= 15 is 0 Å². The lowest BCUT2D eigenvalue weighted by molar-refractivity contribution is -0.384. The number of benzene rings is 2. The van der Waals surface area contributed by atoms with Gasteiger partial charge in [0, 0.05) is 23.4 Å². The number of nitrogens with zero attached hydrogens (tertiary/aromatic N) is 2. The minimum atomic E-state index is -0.707. The van der Waals surface area contributed by atoms with Gasteiger partial charge in [0.2, 0.25) is 0 Å². The second kappa shape index (κ2) is 6.28. The predicted molar refractivity (Wildman–Crippen MR) is 86.1 cm³/mol. The van der Waals surface area contributed by atoms with Gasteiger partial charge >= 0.3 is 0 Å². The van der Waals surface area contributed by atoms with Crippen LogP contribution in [0.3, 0.4) is 0 Å². The van der Waals surface area contributed by atoms with Crippen LogP contribution in [0, 0.1) is 21.4 Å². The van der Waals surface area contributed by atoms with Crippen LogP contribution in [0.1, 0.15) is 29.8 Å². The maximum atomic E-state index is 12.3. The fourth-order valence-corrected chi connectivity index (χ4v) is 2.01. The van der Waals surface area contributed by atoms with E-state index in [0.29, 0.717) is 11.3 Å². The number of hydrogen-bond acceptors (Lipinski definition) is 4. The summed E-state index contributed by atoms with van der Waals surface area (Å²) in [7, 11) is 0. The summed E-state index contributed by atoms with van der Waals surface area (Å²) < 4.78 is 0. The Bertz CT molecular complexity index is 807. The SMILES string of the molecule is CC(C)(C#N)c1cccc(C(=O)Nc2cccc([N+](=O)[O-])c2)c1. The van der Waals surface area contributed by atoms with Gasteiger partial charge in [-0.05, 0) is 37.6 Å². The Balaban J connectivity index is 2.25. The van der Waals surface area contributed by atoms with E-state index in [2.05, 4.69) is 11.4 Å². The van der Waals surface area contributed by atoms with Gasteiger partial charge in [-0.25, -0.2) is 0 Å². The molecule has 0 aromatic heterocycles. The number of hydrogen-bond donors (Lipinski definition) is 1. The molecule has 2 rings (SSSR count). The third-order valence-electron chi connectivity index (χ3n) is 3.44. The average Bonchev–Trinajstić information content (AvgIpc) is 2.55. The maximum absolute atomic E-state index is 12.3. The van der Waals surface area contributed by atoms with Crippen molar-refractivity contribution in [3.05, 3.63) is 69.8 Å². The molecule has 0 aliphatic rings. The monoisotopic (exact) mass is 309 g/mol. The van der Waals surface area contributed by atoms with Crippen molar-refractivity contribution in [3.63, 3.8) is 0 Å². The number of rotatable bonds is 4. The summed E-state index contributed by atoms with van der Waals surface area (Å²) in [5.74, 6) is -0.388. The number of non-ortho nitro benzene ring substituents is 1. The fraction of sp³-hybridized carbons (Fsp3) is 0.176. The quantitative estimate of drug-likeness (QED) is 0.688. The summed E-state index contributed by atoms with van der Waals surface area (Å²) in [6, 6.07) is 14.7. The van der Waals surface area contributed by atoms with Gasteiger partial charge in [0.25, 0.3) is 11.6 Å². The van der Waals surface area contributed by atoms with Gasteiger partial charge in [-0.2, -0.15) is 5.26 Å². The Hall–Kier alpha value is -3.20. The number of carbonyl (C=O) groups excluding carboxylic acids is 1. The van der Waals surface area contributed by atoms with Crippen molar-refractivity contribution in [2.45, 2.75) is 19.3 Å². The molecular weight excluding hydrogens is 294 g/mol. The van der Waals surface area contributed by atoms with E-state index in [1.807, 2.05) is 0 Å². The molecule has 2 aromatic carbocycles. The molecule has 0 radical (unpaired) electrons. The van der Waals surface area contributed by atoms with Gasteiger partial charge in [0.15, 0.2) is 0 Å². The standard InChI is InChI=1S/C17H15N3O3/c1-17(2,11-18)13-6-3-5-12(9-13)16(21)19-14-7-4-8-15(10-14)20(22)23/h3-10H,1-2H3,(H,19,21). The number of amides is 1. The minimum absolute atomic E-state index is 0.0952. The number of nitriles is 1. The third-order valence-corrected chi connectivity index (χ3v) is 3.44. The molecule has 0 heterocycles. The zero-order chi connectivity index (χ0) is 17.0. The lowest BCUT2D eigenvalue weighted by atomic mass is 9.85. The van der Waals surface area contributed by atoms with Crippen molar-refractivity contribution in [2.75, 3.05) is 5.32 Å². The van der Waals surface area contributed by atoms with Crippen molar-refractivity contribution >= 4 is 17.3 Å². The number of nitro groups is 1. The minimum Gasteiger partial charge on any atom is -0.322 e. The van der Waals surface area contributed by atoms with E-state index in [-0.39, 0.29) is 11.6 Å². The second-order valence-corrected chi connectivity index (χ2v) is 5.58. The zero-order valence-corrected chi connectivity index (χ0v) is 12.7. The molecule has 23 heavy (non-hydrogen) atoms. The van der Waals surface area contributed by atoms with Crippen molar-refractivity contribution in [2.24, 2.45) is 0 Å². The Morgan fingerprint density at radius 1 is 1.22 bits per heavy atom. The summed E-state index contributed by atoms with van der Waals surface area (Å²) in [6.45, 7) is 3.54. The lowest BCUT2D eigenvalue weighted by Crippen LogP contribution is -2.17. The molecule has 0 fully saturated rings. The smallest absolute Gasteiger partial charge is 0.271 e. The van der Waals surface area contributed by atoms with E-state index in [0.717, 1.165) is 5.56 Å². The summed E-state index contributed by atoms with van der Waals surface area (Å²) in [5.41, 5.74) is 0.655. The second-order valence-electron chi connectivity index (χ2n) is 5.58. The van der Waals surface area contributed by atoms with Crippen LogP contribution in [0.4, 0.5) is 11.4 Å². The van der Waals surface area contributed by atoms with Crippen LogP contribution in [0.5, 0.6) is 0 Å². The molecule has 0 unspecified atom stereocenters. The lowest BCUT2D eigenvalue weighted by Gasteiger charge is -2.16. The summed E-state index contributed by atoms with van der Waals surface area (Å²) >= 11 is 0. The molecule has 6 nitrogen and oxygen atoms in total. The van der Waals surface area contributed by atoms with E-state index in [4.69, 9.17) is 0 Å². The van der Waals surface area contributed by atoms with Crippen molar-refractivity contribution < 1.29 is 9.72 Å². The first-order chi connectivity index (χ1) is 10.8. The first-order valence-corrected chi connectivity index (χ1v) is 6.91. The molecule has 0 atom stereocenters. The molecule has 0 saturated carbocycles. The average molecular weight is 309 g/mol. The van der Waals surface area contributed by atoms with Crippen LogP contribution < -0.4 is 5.32 Å². The molecule has 1 amide bonds. The highest BCUT2D eigenvalue weighted by atomic mass is 16.6. The van der Waals surface area contributed by atoms with Gasteiger partial charge in [-0.3, -0.25) is 14.9 Å². The number of carbonyl (C=O) groups is 1. The number of anilines is 1. The highest BCUT2D eigenvalue weighted by Gasteiger charge is 2.21. The molecule has 1 N–H and O–H groups in total. The molecule has 0 bridgehead atoms. The first-order valence-electron chi connectivity index (χ1n) is 6.91. The molecule has 0 saturated heterocycles. The van der Waals surface area contributed by atoms with Gasteiger partial charge in [0.1, 0.15) is 0 Å². The molecule has 6 heteroatoms. The summed E-state index contributed by atoms with van der Waals surface area (Å²) in [6.07, 6.45) is 0. The molecule has 116 valence electrons. The van der Waals surface area contributed by atoms with Crippen LogP contribution in [0.25, 0.3) is 0 Å². The normalized spacial score (nSPS) is 10.7. The zero-order valence-electron chi connectivity index (χ0n) is 12.7. The van der Waals surface area contributed by atoms with Crippen molar-refractivity contribution in [3.8, 4) is 6.07 Å². The Labute approximate surface area is 133 Å². The highest BCUT2D eigenvalue weighted by molar-refractivity contribution is 6.04. The first kappa shape index (κ1) is 16.2. The molecule has 0 aliphatic heterocycles. The van der Waals surface area contributed by atoms with E-state index < -0.39 is 10.3 Å². The van der Waals surface area contributed by atoms with Gasteiger partial charge in [0.05, 0.1) is 16.4 Å². The maximum Gasteiger partial charge on any atom is 0.271 e. The Kier molecular flexibility index (Phi) is 4.42. The molecule has 0 spiro atoms. The molecule has 0 aliphatic carbocycles. The van der Waals surface area contributed by atoms with Crippen LogP contribution in [0.15, 0.2) is 48.5 Å². The van der Waals surface area contributed by atoms with E-state index in [1.54, 1.807) is 44.2 Å². The van der Waals surface area contributed by atoms with Crippen molar-refractivity contribution in [1.82, 2.24) is 0 Å². The van der Waals surface area contributed by atoms with Gasteiger partial charge in [-0.1, -0.05) is 18.2 Å². The topological polar surface area (TPSA) is 96.0 Å². The van der Waals surface area contributed by atoms with Gasteiger partial charge < -0.3 is 5.32 Å². The van der Waals surface area contributed by atoms with Gasteiger partial charge in [-0.15, -0.1) is 0 Å². The van der Waals surface area contributed by atoms with Crippen LogP contribution >= 0.6 is 0 Å². The molecular formula is C17H15N3O3. The summed E-state index contributed by atoms with van der Waals surface area (Å²) in [5, 5.41) is 22.6. The Morgan fingerprint density at radius 3 is 2.57 bits per heavy atom.